The van der Waals surface area contributed by atoms with E-state index in [1.54, 1.807) is 13.0 Å². The lowest BCUT2D eigenvalue weighted by Gasteiger charge is -2.00. The first-order valence-corrected chi connectivity index (χ1v) is 6.88. The van der Waals surface area contributed by atoms with Crippen LogP contribution in [0, 0.1) is 28.4 Å². The number of carbonyl (C=O) groups excluding carboxylic acids is 1. The summed E-state index contributed by atoms with van der Waals surface area (Å²) in [6.45, 7) is 1.62. The van der Waals surface area contributed by atoms with Gasteiger partial charge in [-0.3, -0.25) is 14.9 Å². The Hall–Kier alpha value is -2.72. The number of rotatable bonds is 4. The van der Waals surface area contributed by atoms with Crippen molar-refractivity contribution in [3.8, 4) is 6.07 Å². The quantitative estimate of drug-likeness (QED) is 0.269. The van der Waals surface area contributed by atoms with Crippen molar-refractivity contribution in [3.63, 3.8) is 0 Å². The number of aryl methyl sites for hydroxylation is 1. The minimum Gasteiger partial charge on any atom is -0.469 e. The second kappa shape index (κ2) is 6.37. The molecule has 6 nitrogen and oxygen atoms in total. The first-order chi connectivity index (χ1) is 10.4. The van der Waals surface area contributed by atoms with Crippen LogP contribution in [0.15, 0.2) is 45.0 Å². The second-order valence-electron chi connectivity index (χ2n) is 4.36. The number of nitro benzene ring substituents is 1. The molecule has 22 heavy (non-hydrogen) atoms. The number of nitriles is 1. The molecule has 0 unspecified atom stereocenters. The highest BCUT2D eigenvalue weighted by Crippen LogP contribution is 2.27. The lowest BCUT2D eigenvalue weighted by Crippen LogP contribution is -2.02. The molecule has 0 aliphatic rings. The van der Waals surface area contributed by atoms with Gasteiger partial charge in [0.1, 0.15) is 17.4 Å². The Balaban J connectivity index is 2.44. The standard InChI is InChI=1S/C15H9BrN2O4/c1-9-12(4-5-22-9)15(19)11(8-17)6-10-2-3-13(16)14(7-10)18(20)21/h2-7H,1H3/b11-6+. The van der Waals surface area contributed by atoms with E-state index in [0.29, 0.717) is 21.4 Å². The molecule has 0 aliphatic heterocycles. The summed E-state index contributed by atoms with van der Waals surface area (Å²) in [6.07, 6.45) is 2.68. The molecule has 110 valence electrons. The van der Waals surface area contributed by atoms with Crippen LogP contribution in [0.5, 0.6) is 0 Å². The van der Waals surface area contributed by atoms with Crippen molar-refractivity contribution in [2.75, 3.05) is 0 Å². The van der Waals surface area contributed by atoms with E-state index < -0.39 is 10.7 Å². The fourth-order valence-corrected chi connectivity index (χ4v) is 2.23. The minimum absolute atomic E-state index is 0.124. The normalized spacial score (nSPS) is 11.0. The van der Waals surface area contributed by atoms with Gasteiger partial charge in [0.15, 0.2) is 0 Å². The SMILES string of the molecule is Cc1occc1C(=O)/C(C#N)=C/c1ccc(Br)c([N+](=O)[O-])c1. The van der Waals surface area contributed by atoms with E-state index in [0.717, 1.165) is 0 Å². The molecule has 0 saturated carbocycles. The number of Topliss-reactive ketones (excluding diaryl/α,β-unsaturated/α-hetero) is 1. The van der Waals surface area contributed by atoms with E-state index in [-0.39, 0.29) is 11.3 Å². The van der Waals surface area contributed by atoms with Crippen LogP contribution < -0.4 is 0 Å². The molecule has 1 aromatic carbocycles. The van der Waals surface area contributed by atoms with Crippen LogP contribution >= 0.6 is 15.9 Å². The van der Waals surface area contributed by atoms with E-state index >= 15 is 0 Å². The summed E-state index contributed by atoms with van der Waals surface area (Å²) in [6, 6.07) is 7.65. The van der Waals surface area contributed by atoms with Crippen LogP contribution in [0.1, 0.15) is 21.7 Å². The molecule has 0 spiro atoms. The average molecular weight is 361 g/mol. The lowest BCUT2D eigenvalue weighted by atomic mass is 10.0. The molecular weight excluding hydrogens is 352 g/mol. The molecule has 0 N–H and O–H groups in total. The number of ketones is 1. The van der Waals surface area contributed by atoms with Gasteiger partial charge >= 0.3 is 0 Å². The Bertz CT molecular complexity index is 830. The van der Waals surface area contributed by atoms with Crippen LogP contribution in [0.4, 0.5) is 5.69 Å². The summed E-state index contributed by atoms with van der Waals surface area (Å²) in [4.78, 5) is 22.6. The molecule has 7 heteroatoms. The summed E-state index contributed by atoms with van der Waals surface area (Å²) < 4.78 is 5.37. The summed E-state index contributed by atoms with van der Waals surface area (Å²) >= 11 is 3.08. The summed E-state index contributed by atoms with van der Waals surface area (Å²) in [5.41, 5.74) is 0.416. The maximum Gasteiger partial charge on any atom is 0.284 e. The van der Waals surface area contributed by atoms with Gasteiger partial charge in [-0.15, -0.1) is 0 Å². The first kappa shape index (κ1) is 15.7. The topological polar surface area (TPSA) is 97.1 Å². The molecule has 0 amide bonds. The Morgan fingerprint density at radius 3 is 2.73 bits per heavy atom. The van der Waals surface area contributed by atoms with Crippen molar-refractivity contribution >= 4 is 33.5 Å². The third-order valence-electron chi connectivity index (χ3n) is 2.95. The zero-order valence-corrected chi connectivity index (χ0v) is 13.0. The lowest BCUT2D eigenvalue weighted by molar-refractivity contribution is -0.385. The van der Waals surface area contributed by atoms with Crippen LogP contribution in [-0.2, 0) is 0 Å². The molecule has 2 aromatic rings. The van der Waals surface area contributed by atoms with Gasteiger partial charge in [0.25, 0.3) is 5.69 Å². The maximum atomic E-state index is 12.3. The molecule has 1 aromatic heterocycles. The monoisotopic (exact) mass is 360 g/mol. The van der Waals surface area contributed by atoms with Gasteiger partial charge in [-0.25, -0.2) is 0 Å². The van der Waals surface area contributed by atoms with Gasteiger partial charge in [-0.2, -0.15) is 5.26 Å². The number of hydrogen-bond donors (Lipinski definition) is 0. The van der Waals surface area contributed by atoms with Gasteiger partial charge in [-0.1, -0.05) is 6.07 Å². The van der Waals surface area contributed by atoms with E-state index in [4.69, 9.17) is 9.68 Å². The molecule has 1 heterocycles. The highest BCUT2D eigenvalue weighted by molar-refractivity contribution is 9.10. The second-order valence-corrected chi connectivity index (χ2v) is 5.21. The molecule has 0 aliphatic carbocycles. The Morgan fingerprint density at radius 2 is 2.18 bits per heavy atom. The van der Waals surface area contributed by atoms with Crippen molar-refractivity contribution in [1.29, 1.82) is 5.26 Å². The number of carbonyl (C=O) groups is 1. The fourth-order valence-electron chi connectivity index (χ4n) is 1.84. The van der Waals surface area contributed by atoms with E-state index in [1.165, 1.54) is 30.5 Å². The van der Waals surface area contributed by atoms with Gasteiger partial charge in [0, 0.05) is 6.07 Å². The van der Waals surface area contributed by atoms with Gasteiger partial charge in [-0.05, 0) is 46.6 Å². The fraction of sp³-hybridized carbons (Fsp3) is 0.0667. The number of nitro groups is 1. The number of benzene rings is 1. The van der Waals surface area contributed by atoms with Crippen LogP contribution in [-0.4, -0.2) is 10.7 Å². The van der Waals surface area contributed by atoms with E-state index in [2.05, 4.69) is 15.9 Å². The Morgan fingerprint density at radius 1 is 1.45 bits per heavy atom. The zero-order valence-electron chi connectivity index (χ0n) is 11.4. The smallest absolute Gasteiger partial charge is 0.284 e. The van der Waals surface area contributed by atoms with E-state index in [9.17, 15) is 14.9 Å². The molecule has 2 rings (SSSR count). The summed E-state index contributed by atoms with van der Waals surface area (Å²) in [5.74, 6) is -0.0766. The minimum atomic E-state index is -0.546. The predicted octanol–water partition coefficient (Wildman–Crippen LogP) is 4.05. The molecule has 0 atom stereocenters. The third kappa shape index (κ3) is 3.13. The number of furan rings is 1. The number of allylic oxidation sites excluding steroid dienone is 1. The van der Waals surface area contributed by atoms with Crippen molar-refractivity contribution < 1.29 is 14.1 Å². The van der Waals surface area contributed by atoms with Gasteiger partial charge < -0.3 is 4.42 Å². The number of nitrogens with zero attached hydrogens (tertiary/aromatic N) is 2. The zero-order chi connectivity index (χ0) is 16.3. The average Bonchev–Trinajstić information content (AvgIpc) is 2.91. The molecular formula is C15H9BrN2O4. The van der Waals surface area contributed by atoms with Crippen molar-refractivity contribution in [3.05, 3.63) is 67.6 Å². The van der Waals surface area contributed by atoms with E-state index in [1.807, 2.05) is 6.07 Å². The highest BCUT2D eigenvalue weighted by atomic mass is 79.9. The number of halogens is 1. The molecule has 0 bridgehead atoms. The van der Waals surface area contributed by atoms with Crippen LogP contribution in [0.25, 0.3) is 6.08 Å². The molecule has 0 saturated heterocycles. The first-order valence-electron chi connectivity index (χ1n) is 6.08. The Kier molecular flexibility index (Phi) is 4.53. The summed E-state index contributed by atoms with van der Waals surface area (Å²) in [5, 5.41) is 20.1. The third-order valence-corrected chi connectivity index (χ3v) is 3.62. The van der Waals surface area contributed by atoms with Crippen LogP contribution in [0.2, 0.25) is 0 Å². The summed E-state index contributed by atoms with van der Waals surface area (Å²) in [7, 11) is 0. The Labute approximate surface area is 133 Å². The molecule has 0 fully saturated rings. The van der Waals surface area contributed by atoms with Gasteiger partial charge in [0.05, 0.1) is 21.2 Å². The van der Waals surface area contributed by atoms with Gasteiger partial charge in [0.2, 0.25) is 5.78 Å². The molecule has 0 radical (unpaired) electrons. The number of hydrogen-bond acceptors (Lipinski definition) is 5. The van der Waals surface area contributed by atoms with Crippen molar-refractivity contribution in [1.82, 2.24) is 0 Å². The van der Waals surface area contributed by atoms with Crippen molar-refractivity contribution in [2.45, 2.75) is 6.92 Å². The van der Waals surface area contributed by atoms with Crippen molar-refractivity contribution in [2.24, 2.45) is 0 Å². The highest BCUT2D eigenvalue weighted by Gasteiger charge is 2.17. The predicted molar refractivity (Wildman–Crippen MR) is 82.2 cm³/mol. The van der Waals surface area contributed by atoms with Crippen LogP contribution in [0.3, 0.4) is 0 Å². The largest absolute Gasteiger partial charge is 0.469 e. The maximum absolute atomic E-state index is 12.3.